The Morgan fingerprint density at radius 2 is 2.00 bits per heavy atom. The fraction of sp³-hybridized carbons (Fsp3) is 0.118. The maximum atomic E-state index is 12.5. The lowest BCUT2D eigenvalue weighted by atomic mass is 10.1. The number of likely N-dealkylation sites (N-methyl/N-ethyl adjacent to an activating group) is 1. The molecule has 0 saturated carbocycles. The number of carbonyl (C=O) groups is 1. The number of allylic oxidation sites excluding steroid dienone is 1. The summed E-state index contributed by atoms with van der Waals surface area (Å²) in [6.07, 6.45) is 3.28. The van der Waals surface area contributed by atoms with E-state index in [9.17, 15) is 14.9 Å². The first-order valence-electron chi connectivity index (χ1n) is 7.37. The molecule has 1 aromatic heterocycles. The van der Waals surface area contributed by atoms with Crippen molar-refractivity contribution >= 4 is 39.8 Å². The summed E-state index contributed by atoms with van der Waals surface area (Å²) in [5, 5.41) is 11.3. The molecule has 1 fully saturated rings. The van der Waals surface area contributed by atoms with Crippen molar-refractivity contribution in [2.75, 3.05) is 7.05 Å². The smallest absolute Gasteiger partial charge is 0.269 e. The van der Waals surface area contributed by atoms with Gasteiger partial charge in [0.1, 0.15) is 0 Å². The highest BCUT2D eigenvalue weighted by atomic mass is 32.2. The van der Waals surface area contributed by atoms with Gasteiger partial charge in [-0.05, 0) is 54.1 Å². The quantitative estimate of drug-likeness (QED) is 0.477. The maximum absolute atomic E-state index is 12.5. The lowest BCUT2D eigenvalue weighted by molar-refractivity contribution is -0.384. The Balaban J connectivity index is 1.94. The fourth-order valence-corrected chi connectivity index (χ4v) is 3.32. The first-order valence-corrected chi connectivity index (χ1v) is 8.19. The summed E-state index contributed by atoms with van der Waals surface area (Å²) < 4.78 is 0. The molecule has 1 aliphatic heterocycles. The second-order valence-electron chi connectivity index (χ2n) is 5.33. The minimum atomic E-state index is -0.450. The molecule has 0 N–H and O–H groups in total. The molecule has 0 spiro atoms. The third-order valence-corrected chi connectivity index (χ3v) is 4.93. The van der Waals surface area contributed by atoms with Gasteiger partial charge in [0.15, 0.2) is 5.17 Å². The Labute approximate surface area is 148 Å². The van der Waals surface area contributed by atoms with Gasteiger partial charge in [-0.15, -0.1) is 0 Å². The van der Waals surface area contributed by atoms with E-state index < -0.39 is 4.92 Å². The number of amides is 1. The molecule has 2 aromatic rings. The SMILES string of the molecule is C/C(=C1/SC(=Nc2cccnc2)N(C)C1=O)c1ccc([N+](=O)[O-])cc1. The summed E-state index contributed by atoms with van der Waals surface area (Å²) >= 11 is 1.28. The number of pyridine rings is 1. The van der Waals surface area contributed by atoms with Crippen molar-refractivity contribution in [2.24, 2.45) is 4.99 Å². The Morgan fingerprint density at radius 3 is 2.60 bits per heavy atom. The van der Waals surface area contributed by atoms with Crippen molar-refractivity contribution in [1.29, 1.82) is 0 Å². The number of thioether (sulfide) groups is 1. The topological polar surface area (TPSA) is 88.7 Å². The molecule has 0 atom stereocenters. The average Bonchev–Trinajstić information content (AvgIpc) is 2.90. The second-order valence-corrected chi connectivity index (χ2v) is 6.31. The molecule has 126 valence electrons. The van der Waals surface area contributed by atoms with E-state index in [1.165, 1.54) is 28.8 Å². The van der Waals surface area contributed by atoms with Crippen molar-refractivity contribution in [3.63, 3.8) is 0 Å². The molecule has 1 saturated heterocycles. The van der Waals surface area contributed by atoms with Crippen LogP contribution in [0.15, 0.2) is 58.7 Å². The summed E-state index contributed by atoms with van der Waals surface area (Å²) in [7, 11) is 1.67. The summed E-state index contributed by atoms with van der Waals surface area (Å²) in [6, 6.07) is 9.73. The van der Waals surface area contributed by atoms with E-state index in [4.69, 9.17) is 0 Å². The molecule has 3 rings (SSSR count). The van der Waals surface area contributed by atoms with Gasteiger partial charge in [-0.2, -0.15) is 0 Å². The van der Waals surface area contributed by atoms with Crippen LogP contribution < -0.4 is 0 Å². The number of hydrogen-bond acceptors (Lipinski definition) is 6. The highest BCUT2D eigenvalue weighted by Crippen LogP contribution is 2.37. The number of aliphatic imine (C=N–C) groups is 1. The number of amidine groups is 1. The molecule has 0 unspecified atom stereocenters. The molecule has 0 aliphatic carbocycles. The Hall–Kier alpha value is -3.00. The van der Waals surface area contributed by atoms with E-state index in [-0.39, 0.29) is 11.6 Å². The van der Waals surface area contributed by atoms with Crippen LogP contribution in [0, 0.1) is 10.1 Å². The largest absolute Gasteiger partial charge is 0.290 e. The number of rotatable bonds is 3. The van der Waals surface area contributed by atoms with Crippen LogP contribution in [-0.2, 0) is 4.79 Å². The van der Waals surface area contributed by atoms with Crippen LogP contribution in [0.5, 0.6) is 0 Å². The van der Waals surface area contributed by atoms with Gasteiger partial charge >= 0.3 is 0 Å². The van der Waals surface area contributed by atoms with E-state index in [0.717, 1.165) is 11.1 Å². The Morgan fingerprint density at radius 1 is 1.28 bits per heavy atom. The molecule has 1 amide bonds. The standard InChI is InChI=1S/C17H14N4O3S/c1-11(12-5-7-14(8-6-12)21(23)24)15-16(22)20(2)17(25-15)19-13-4-3-9-18-10-13/h3-10H,1-2H3/b15-11-,19-17?. The van der Waals surface area contributed by atoms with Gasteiger partial charge in [-0.3, -0.25) is 24.8 Å². The molecule has 1 aromatic carbocycles. The van der Waals surface area contributed by atoms with Gasteiger partial charge in [0.05, 0.1) is 21.7 Å². The number of hydrogen-bond donors (Lipinski definition) is 0. The first-order chi connectivity index (χ1) is 12.0. The second kappa shape index (κ2) is 6.86. The van der Waals surface area contributed by atoms with E-state index in [2.05, 4.69) is 9.98 Å². The number of non-ortho nitro benzene ring substituents is 1. The van der Waals surface area contributed by atoms with Crippen molar-refractivity contribution in [3.8, 4) is 0 Å². The summed E-state index contributed by atoms with van der Waals surface area (Å²) in [5.74, 6) is -0.150. The van der Waals surface area contributed by atoms with E-state index in [0.29, 0.717) is 15.8 Å². The molecule has 25 heavy (non-hydrogen) atoms. The molecule has 2 heterocycles. The molecule has 0 bridgehead atoms. The number of nitro benzene ring substituents is 1. The molecule has 7 nitrogen and oxygen atoms in total. The van der Waals surface area contributed by atoms with Crippen molar-refractivity contribution in [1.82, 2.24) is 9.88 Å². The molecule has 8 heteroatoms. The third kappa shape index (κ3) is 3.43. The summed E-state index contributed by atoms with van der Waals surface area (Å²) in [4.78, 5) is 33.3. The molecular weight excluding hydrogens is 340 g/mol. The van der Waals surface area contributed by atoms with E-state index >= 15 is 0 Å². The van der Waals surface area contributed by atoms with Crippen LogP contribution in [0.2, 0.25) is 0 Å². The van der Waals surface area contributed by atoms with Crippen molar-refractivity contribution in [3.05, 3.63) is 69.4 Å². The number of nitrogens with zero attached hydrogens (tertiary/aromatic N) is 4. The third-order valence-electron chi connectivity index (χ3n) is 3.70. The zero-order valence-electron chi connectivity index (χ0n) is 13.5. The first kappa shape index (κ1) is 16.8. The van der Waals surface area contributed by atoms with E-state index in [1.807, 2.05) is 13.0 Å². The number of benzene rings is 1. The zero-order valence-corrected chi connectivity index (χ0v) is 14.4. The highest BCUT2D eigenvalue weighted by Gasteiger charge is 2.32. The highest BCUT2D eigenvalue weighted by molar-refractivity contribution is 8.18. The van der Waals surface area contributed by atoms with Gasteiger partial charge in [-0.25, -0.2) is 4.99 Å². The predicted molar refractivity (Wildman–Crippen MR) is 97.4 cm³/mol. The fourth-order valence-electron chi connectivity index (χ4n) is 2.27. The van der Waals surface area contributed by atoms with Gasteiger partial charge in [-0.1, -0.05) is 0 Å². The Kier molecular flexibility index (Phi) is 4.62. The van der Waals surface area contributed by atoms with Gasteiger partial charge in [0, 0.05) is 25.4 Å². The average molecular weight is 354 g/mol. The lowest BCUT2D eigenvalue weighted by Gasteiger charge is -2.07. The lowest BCUT2D eigenvalue weighted by Crippen LogP contribution is -2.23. The van der Waals surface area contributed by atoms with Crippen LogP contribution in [0.4, 0.5) is 11.4 Å². The molecule has 1 aliphatic rings. The van der Waals surface area contributed by atoms with Crippen LogP contribution >= 0.6 is 11.8 Å². The molecule has 0 radical (unpaired) electrons. The minimum Gasteiger partial charge on any atom is -0.290 e. The number of aromatic nitrogens is 1. The summed E-state index contributed by atoms with van der Waals surface area (Å²) in [6.45, 7) is 1.82. The van der Waals surface area contributed by atoms with Crippen LogP contribution in [0.1, 0.15) is 12.5 Å². The van der Waals surface area contributed by atoms with Crippen LogP contribution in [0.3, 0.4) is 0 Å². The zero-order chi connectivity index (χ0) is 18.0. The number of nitro groups is 1. The predicted octanol–water partition coefficient (Wildman–Crippen LogP) is 3.61. The monoisotopic (exact) mass is 354 g/mol. The molecular formula is C17H14N4O3S. The van der Waals surface area contributed by atoms with Gasteiger partial charge in [0.25, 0.3) is 11.6 Å². The maximum Gasteiger partial charge on any atom is 0.269 e. The summed E-state index contributed by atoms with van der Waals surface area (Å²) in [5.41, 5.74) is 2.20. The van der Waals surface area contributed by atoms with Gasteiger partial charge < -0.3 is 0 Å². The Bertz CT molecular complexity index is 892. The van der Waals surface area contributed by atoms with Crippen LogP contribution in [0.25, 0.3) is 5.57 Å². The van der Waals surface area contributed by atoms with Crippen molar-refractivity contribution in [2.45, 2.75) is 6.92 Å². The minimum absolute atomic E-state index is 0.0166. The van der Waals surface area contributed by atoms with Crippen molar-refractivity contribution < 1.29 is 9.72 Å². The normalized spacial score (nSPS) is 17.9. The van der Waals surface area contributed by atoms with Crippen LogP contribution in [-0.4, -0.2) is 32.9 Å². The van der Waals surface area contributed by atoms with Gasteiger partial charge in [0.2, 0.25) is 0 Å². The number of carbonyl (C=O) groups excluding carboxylic acids is 1. The van der Waals surface area contributed by atoms with E-state index in [1.54, 1.807) is 37.6 Å².